The molecule has 0 radical (unpaired) electrons. The van der Waals surface area contributed by atoms with Gasteiger partial charge in [-0.25, -0.2) is 9.97 Å². The van der Waals surface area contributed by atoms with E-state index in [-0.39, 0.29) is 0 Å². The van der Waals surface area contributed by atoms with E-state index in [0.717, 1.165) is 94.5 Å². The third-order valence-corrected chi connectivity index (χ3v) is 12.4. The molecular formula is C59H37N5. The molecule has 0 aliphatic rings. The van der Waals surface area contributed by atoms with E-state index in [1.165, 1.54) is 10.8 Å². The van der Waals surface area contributed by atoms with Gasteiger partial charge in [-0.15, -0.1) is 0 Å². The van der Waals surface area contributed by atoms with Gasteiger partial charge in [-0.1, -0.05) is 164 Å². The summed E-state index contributed by atoms with van der Waals surface area (Å²) in [5.74, 6) is 0.673. The molecule has 3 aromatic heterocycles. The van der Waals surface area contributed by atoms with Crippen LogP contribution < -0.4 is 0 Å². The van der Waals surface area contributed by atoms with E-state index in [9.17, 15) is 5.26 Å². The average molecular weight is 816 g/mol. The Bertz CT molecular complexity index is 3670. The zero-order valence-electron chi connectivity index (χ0n) is 34.6. The van der Waals surface area contributed by atoms with Gasteiger partial charge in [0.25, 0.3) is 0 Å². The summed E-state index contributed by atoms with van der Waals surface area (Å²) in [6.07, 6.45) is 0. The molecule has 0 fully saturated rings. The summed E-state index contributed by atoms with van der Waals surface area (Å²) in [5.41, 5.74) is 16.3. The van der Waals surface area contributed by atoms with Crippen molar-refractivity contribution < 1.29 is 0 Å². The fourth-order valence-corrected chi connectivity index (χ4v) is 9.40. The Hall–Kier alpha value is -8.85. The highest BCUT2D eigenvalue weighted by Gasteiger charge is 2.22. The number of hydrogen-bond donors (Lipinski definition) is 0. The highest BCUT2D eigenvalue weighted by molar-refractivity contribution is 6.12. The summed E-state index contributed by atoms with van der Waals surface area (Å²) in [7, 11) is 0. The third-order valence-electron chi connectivity index (χ3n) is 12.4. The van der Waals surface area contributed by atoms with Crippen LogP contribution in [0.4, 0.5) is 0 Å². The molecule has 0 aliphatic heterocycles. The standard InChI is InChI=1S/C59H37N5/c60-38-39-27-29-40(30-28-39)43-32-34-57-50(35-43)48-22-10-14-26-56(48)64(57)58-36-44(52-37-51(41-15-3-1-4-16-41)61-59(62-52)42-17-5-2-6-18-42)31-33-49(58)47-21-9-13-25-55(47)63-53-23-11-7-19-45(53)46-20-8-12-24-54(46)63/h1-37H. The molecule has 298 valence electrons. The SMILES string of the molecule is N#Cc1ccc(-c2ccc3c(c2)c2ccccc2n3-c2cc(-c3cc(-c4ccccc4)nc(-c4ccccc4)n3)ccc2-c2ccccc2-n2c3ccccc3c3ccccc32)cc1. The molecule has 0 saturated heterocycles. The van der Waals surface area contributed by atoms with Crippen LogP contribution in [0.1, 0.15) is 5.56 Å². The van der Waals surface area contributed by atoms with Crippen molar-refractivity contribution in [3.63, 3.8) is 0 Å². The minimum Gasteiger partial charge on any atom is -0.309 e. The van der Waals surface area contributed by atoms with E-state index < -0.39 is 0 Å². The fourth-order valence-electron chi connectivity index (χ4n) is 9.40. The lowest BCUT2D eigenvalue weighted by molar-refractivity contribution is 1.15. The monoisotopic (exact) mass is 815 g/mol. The van der Waals surface area contributed by atoms with Crippen LogP contribution in [0.25, 0.3) is 111 Å². The molecule has 5 heteroatoms. The first-order valence-corrected chi connectivity index (χ1v) is 21.5. The van der Waals surface area contributed by atoms with E-state index in [1.54, 1.807) is 0 Å². The van der Waals surface area contributed by atoms with E-state index in [0.29, 0.717) is 11.4 Å². The molecule has 5 nitrogen and oxygen atoms in total. The first-order chi connectivity index (χ1) is 31.7. The Labute approximate surface area is 370 Å². The molecule has 0 atom stereocenters. The summed E-state index contributed by atoms with van der Waals surface area (Å²) in [4.78, 5) is 10.4. The maximum atomic E-state index is 9.50. The van der Waals surface area contributed by atoms with Gasteiger partial charge in [0.15, 0.2) is 5.82 Å². The normalized spacial score (nSPS) is 11.4. The molecule has 0 amide bonds. The van der Waals surface area contributed by atoms with Crippen molar-refractivity contribution in [2.24, 2.45) is 0 Å². The summed E-state index contributed by atoms with van der Waals surface area (Å²) >= 11 is 0. The molecule has 12 rings (SSSR count). The Morgan fingerprint density at radius 3 is 1.47 bits per heavy atom. The smallest absolute Gasteiger partial charge is 0.160 e. The molecule has 0 saturated carbocycles. The predicted molar refractivity (Wildman–Crippen MR) is 263 cm³/mol. The number of rotatable bonds is 7. The number of nitriles is 1. The van der Waals surface area contributed by atoms with E-state index in [2.05, 4.69) is 191 Å². The van der Waals surface area contributed by atoms with Crippen molar-refractivity contribution in [3.8, 4) is 73.6 Å². The molecule has 0 N–H and O–H groups in total. The second-order valence-electron chi connectivity index (χ2n) is 16.1. The fraction of sp³-hybridized carbons (Fsp3) is 0. The lowest BCUT2D eigenvalue weighted by Crippen LogP contribution is -2.02. The molecule has 0 aliphatic carbocycles. The van der Waals surface area contributed by atoms with Gasteiger partial charge in [0.1, 0.15) is 0 Å². The highest BCUT2D eigenvalue weighted by Crippen LogP contribution is 2.43. The van der Waals surface area contributed by atoms with Crippen LogP contribution in [0, 0.1) is 11.3 Å². The van der Waals surface area contributed by atoms with Gasteiger partial charge < -0.3 is 9.13 Å². The Balaban J connectivity index is 1.15. The van der Waals surface area contributed by atoms with Crippen molar-refractivity contribution in [3.05, 3.63) is 230 Å². The number of para-hydroxylation sites is 4. The summed E-state index contributed by atoms with van der Waals surface area (Å²) in [6.45, 7) is 0. The van der Waals surface area contributed by atoms with Crippen LogP contribution >= 0.6 is 0 Å². The summed E-state index contributed by atoms with van der Waals surface area (Å²) in [5, 5.41) is 14.2. The minimum atomic E-state index is 0.644. The topological polar surface area (TPSA) is 59.4 Å². The third kappa shape index (κ3) is 6.16. The minimum absolute atomic E-state index is 0.644. The molecule has 9 aromatic carbocycles. The highest BCUT2D eigenvalue weighted by atomic mass is 15.0. The summed E-state index contributed by atoms with van der Waals surface area (Å²) in [6, 6.07) is 81.1. The van der Waals surface area contributed by atoms with E-state index in [4.69, 9.17) is 9.97 Å². The molecule has 12 aromatic rings. The van der Waals surface area contributed by atoms with Gasteiger partial charge >= 0.3 is 0 Å². The van der Waals surface area contributed by atoms with E-state index >= 15 is 0 Å². The molecule has 0 spiro atoms. The molecule has 0 bridgehead atoms. The van der Waals surface area contributed by atoms with Gasteiger partial charge in [-0.3, -0.25) is 0 Å². The average Bonchev–Trinajstić information content (AvgIpc) is 3.89. The van der Waals surface area contributed by atoms with Crippen molar-refractivity contribution in [1.29, 1.82) is 5.26 Å². The zero-order chi connectivity index (χ0) is 42.6. The molecule has 64 heavy (non-hydrogen) atoms. The Morgan fingerprint density at radius 1 is 0.328 bits per heavy atom. The van der Waals surface area contributed by atoms with Crippen LogP contribution in [0.2, 0.25) is 0 Å². The number of fused-ring (bicyclic) bond motifs is 6. The largest absolute Gasteiger partial charge is 0.309 e. The van der Waals surface area contributed by atoms with Gasteiger partial charge in [-0.2, -0.15) is 5.26 Å². The molecular weight excluding hydrogens is 779 g/mol. The number of hydrogen-bond acceptors (Lipinski definition) is 3. The van der Waals surface area contributed by atoms with Crippen molar-refractivity contribution in [1.82, 2.24) is 19.1 Å². The number of nitrogens with zero attached hydrogens (tertiary/aromatic N) is 5. The van der Waals surface area contributed by atoms with Crippen LogP contribution in [-0.2, 0) is 0 Å². The quantitative estimate of drug-likeness (QED) is 0.161. The van der Waals surface area contributed by atoms with Crippen LogP contribution in [0.3, 0.4) is 0 Å². The number of benzene rings is 9. The van der Waals surface area contributed by atoms with Crippen LogP contribution in [0.5, 0.6) is 0 Å². The first-order valence-electron chi connectivity index (χ1n) is 21.5. The van der Waals surface area contributed by atoms with Crippen LogP contribution in [-0.4, -0.2) is 19.1 Å². The lowest BCUT2D eigenvalue weighted by atomic mass is 9.97. The second kappa shape index (κ2) is 15.3. The number of aromatic nitrogens is 4. The first kappa shape index (κ1) is 37.0. The van der Waals surface area contributed by atoms with E-state index in [1.807, 2.05) is 48.5 Å². The maximum Gasteiger partial charge on any atom is 0.160 e. The van der Waals surface area contributed by atoms with Gasteiger partial charge in [0, 0.05) is 49.4 Å². The second-order valence-corrected chi connectivity index (χ2v) is 16.1. The lowest BCUT2D eigenvalue weighted by Gasteiger charge is -2.20. The van der Waals surface area contributed by atoms with Crippen molar-refractivity contribution in [2.45, 2.75) is 0 Å². The van der Waals surface area contributed by atoms with Gasteiger partial charge in [-0.05, 0) is 71.8 Å². The molecule has 0 unspecified atom stereocenters. The van der Waals surface area contributed by atoms with Gasteiger partial charge in [0.05, 0.1) is 56.5 Å². The summed E-state index contributed by atoms with van der Waals surface area (Å²) < 4.78 is 4.84. The predicted octanol–water partition coefficient (Wildman–Crippen LogP) is 14.9. The van der Waals surface area contributed by atoms with Crippen molar-refractivity contribution >= 4 is 43.6 Å². The maximum absolute atomic E-state index is 9.50. The van der Waals surface area contributed by atoms with Crippen molar-refractivity contribution in [2.75, 3.05) is 0 Å². The van der Waals surface area contributed by atoms with Gasteiger partial charge in [0.2, 0.25) is 0 Å². The Morgan fingerprint density at radius 2 is 0.812 bits per heavy atom. The molecule has 3 heterocycles. The zero-order valence-corrected chi connectivity index (χ0v) is 34.6. The Kier molecular flexibility index (Phi) is 8.81. The van der Waals surface area contributed by atoms with Crippen LogP contribution in [0.15, 0.2) is 224 Å².